The fourth-order valence-electron chi connectivity index (χ4n) is 2.72. The molecule has 0 aliphatic carbocycles. The second-order valence-electron chi connectivity index (χ2n) is 5.95. The number of nitrogens with zero attached hydrogens (tertiary/aromatic N) is 2. The third-order valence-corrected chi connectivity index (χ3v) is 3.83. The number of rotatable bonds is 7. The molecule has 1 aromatic carbocycles. The smallest absolute Gasteiger partial charge is 0.230 e. The first kappa shape index (κ1) is 17.8. The summed E-state index contributed by atoms with van der Waals surface area (Å²) in [4.78, 5) is 16.9. The molecule has 3 rings (SSSR count). The molecule has 0 aliphatic heterocycles. The summed E-state index contributed by atoms with van der Waals surface area (Å²) in [5.41, 5.74) is 3.37. The zero-order valence-corrected chi connectivity index (χ0v) is 15.3. The van der Waals surface area contributed by atoms with E-state index in [1.165, 1.54) is 0 Å². The predicted molar refractivity (Wildman–Crippen MR) is 101 cm³/mol. The zero-order valence-electron chi connectivity index (χ0n) is 15.3. The Kier molecular flexibility index (Phi) is 5.41. The summed E-state index contributed by atoms with van der Waals surface area (Å²) in [5, 5.41) is 2.89. The van der Waals surface area contributed by atoms with Crippen molar-refractivity contribution in [3.8, 4) is 11.5 Å². The molecular weight excluding hydrogens is 330 g/mol. The summed E-state index contributed by atoms with van der Waals surface area (Å²) in [6, 6.07) is 9.38. The van der Waals surface area contributed by atoms with Gasteiger partial charge in [-0.2, -0.15) is 0 Å². The molecular formula is C20H23N3O3. The van der Waals surface area contributed by atoms with Crippen LogP contribution in [0.25, 0.3) is 5.65 Å². The minimum Gasteiger partial charge on any atom is -0.490 e. The van der Waals surface area contributed by atoms with Gasteiger partial charge in [0.2, 0.25) is 5.91 Å². The van der Waals surface area contributed by atoms with Crippen LogP contribution in [0.2, 0.25) is 0 Å². The topological polar surface area (TPSA) is 64.9 Å². The molecule has 6 nitrogen and oxygen atoms in total. The maximum absolute atomic E-state index is 12.4. The van der Waals surface area contributed by atoms with Gasteiger partial charge in [-0.1, -0.05) is 0 Å². The van der Waals surface area contributed by atoms with E-state index in [-0.39, 0.29) is 12.3 Å². The van der Waals surface area contributed by atoms with Crippen LogP contribution in [-0.4, -0.2) is 28.5 Å². The normalized spacial score (nSPS) is 10.7. The van der Waals surface area contributed by atoms with Gasteiger partial charge in [-0.25, -0.2) is 4.98 Å². The Morgan fingerprint density at radius 3 is 2.65 bits per heavy atom. The Hall–Kier alpha value is -3.02. The number of hydrogen-bond acceptors (Lipinski definition) is 4. The van der Waals surface area contributed by atoms with Crippen molar-refractivity contribution in [2.45, 2.75) is 27.2 Å². The van der Waals surface area contributed by atoms with Gasteiger partial charge < -0.3 is 19.2 Å². The zero-order chi connectivity index (χ0) is 18.5. The highest BCUT2D eigenvalue weighted by molar-refractivity contribution is 5.92. The largest absolute Gasteiger partial charge is 0.490 e. The fraction of sp³-hybridized carbons (Fsp3) is 0.300. The van der Waals surface area contributed by atoms with Crippen LogP contribution in [0.15, 0.2) is 42.7 Å². The summed E-state index contributed by atoms with van der Waals surface area (Å²) in [5.74, 6) is 1.16. The molecule has 0 saturated heterocycles. The highest BCUT2D eigenvalue weighted by atomic mass is 16.5. The Balaban J connectivity index is 1.71. The van der Waals surface area contributed by atoms with Crippen LogP contribution >= 0.6 is 0 Å². The molecule has 2 aromatic heterocycles. The van der Waals surface area contributed by atoms with Crippen molar-refractivity contribution in [3.63, 3.8) is 0 Å². The minimum absolute atomic E-state index is 0.128. The number of carbonyl (C=O) groups is 1. The molecule has 0 saturated carbocycles. The van der Waals surface area contributed by atoms with Gasteiger partial charge in [-0.05, 0) is 50.6 Å². The average Bonchev–Trinajstić information content (AvgIpc) is 2.98. The molecule has 2 heterocycles. The minimum atomic E-state index is -0.128. The van der Waals surface area contributed by atoms with E-state index >= 15 is 0 Å². The number of carbonyl (C=O) groups excluding carboxylic acids is 1. The van der Waals surface area contributed by atoms with Crippen molar-refractivity contribution in [1.82, 2.24) is 9.38 Å². The molecule has 26 heavy (non-hydrogen) atoms. The Bertz CT molecular complexity index is 918. The number of imidazole rings is 1. The number of amides is 1. The maximum Gasteiger partial charge on any atom is 0.230 e. The highest BCUT2D eigenvalue weighted by Gasteiger charge is 2.11. The average molecular weight is 353 g/mol. The fourth-order valence-corrected chi connectivity index (χ4v) is 2.72. The summed E-state index contributed by atoms with van der Waals surface area (Å²) >= 11 is 0. The van der Waals surface area contributed by atoms with Crippen LogP contribution in [0, 0.1) is 6.92 Å². The van der Waals surface area contributed by atoms with Gasteiger partial charge >= 0.3 is 0 Å². The number of hydrogen-bond donors (Lipinski definition) is 1. The molecule has 0 radical (unpaired) electrons. The molecule has 1 N–H and O–H groups in total. The molecule has 0 unspecified atom stereocenters. The number of pyridine rings is 1. The van der Waals surface area contributed by atoms with Crippen molar-refractivity contribution in [2.24, 2.45) is 0 Å². The van der Waals surface area contributed by atoms with Gasteiger partial charge in [-0.15, -0.1) is 0 Å². The monoisotopic (exact) mass is 353 g/mol. The van der Waals surface area contributed by atoms with E-state index in [1.54, 1.807) is 18.2 Å². The first-order valence-electron chi connectivity index (χ1n) is 8.72. The summed E-state index contributed by atoms with van der Waals surface area (Å²) in [6.07, 6.45) is 4.02. The van der Waals surface area contributed by atoms with Crippen molar-refractivity contribution in [3.05, 3.63) is 54.0 Å². The molecule has 0 atom stereocenters. The second-order valence-corrected chi connectivity index (χ2v) is 5.95. The molecule has 6 heteroatoms. The van der Waals surface area contributed by atoms with E-state index in [1.807, 2.05) is 49.7 Å². The van der Waals surface area contributed by atoms with Crippen molar-refractivity contribution < 1.29 is 14.3 Å². The van der Waals surface area contributed by atoms with Crippen LogP contribution in [0.4, 0.5) is 5.69 Å². The standard InChI is InChI=1S/C20H23N3O3/c1-4-25-17-7-6-15(11-18(17)26-5-2)22-20(24)12-16-13-23-9-8-14(3)10-19(23)21-16/h6-11,13H,4-5,12H2,1-3H3,(H,22,24). The van der Waals surface area contributed by atoms with E-state index in [2.05, 4.69) is 10.3 Å². The number of aromatic nitrogens is 2. The first-order valence-corrected chi connectivity index (χ1v) is 8.72. The number of ether oxygens (including phenoxy) is 2. The van der Waals surface area contributed by atoms with Gasteiger partial charge in [0.05, 0.1) is 25.3 Å². The third kappa shape index (κ3) is 4.14. The van der Waals surface area contributed by atoms with Gasteiger partial charge in [0.25, 0.3) is 0 Å². The summed E-state index contributed by atoms with van der Waals surface area (Å²) in [6.45, 7) is 6.92. The Morgan fingerprint density at radius 1 is 1.12 bits per heavy atom. The van der Waals surface area contributed by atoms with Gasteiger partial charge in [0.15, 0.2) is 11.5 Å². The van der Waals surface area contributed by atoms with Crippen LogP contribution in [-0.2, 0) is 11.2 Å². The Labute approximate surface area is 152 Å². The maximum atomic E-state index is 12.4. The molecule has 136 valence electrons. The van der Waals surface area contributed by atoms with Crippen molar-refractivity contribution in [1.29, 1.82) is 0 Å². The predicted octanol–water partition coefficient (Wildman–Crippen LogP) is 3.62. The van der Waals surface area contributed by atoms with Gasteiger partial charge in [0.1, 0.15) is 5.65 Å². The lowest BCUT2D eigenvalue weighted by Gasteiger charge is -2.12. The van der Waals surface area contributed by atoms with E-state index in [9.17, 15) is 4.79 Å². The SMILES string of the molecule is CCOc1ccc(NC(=O)Cc2cn3ccc(C)cc3n2)cc1OCC. The van der Waals surface area contributed by atoms with Crippen LogP contribution in [0.1, 0.15) is 25.1 Å². The number of nitrogens with one attached hydrogen (secondary N) is 1. The highest BCUT2D eigenvalue weighted by Crippen LogP contribution is 2.30. The van der Waals surface area contributed by atoms with Crippen molar-refractivity contribution >= 4 is 17.2 Å². The van der Waals surface area contributed by atoms with Gasteiger partial charge in [0, 0.05) is 24.1 Å². The number of benzene rings is 1. The van der Waals surface area contributed by atoms with E-state index in [0.29, 0.717) is 30.4 Å². The Morgan fingerprint density at radius 2 is 1.88 bits per heavy atom. The molecule has 0 aliphatic rings. The molecule has 3 aromatic rings. The van der Waals surface area contributed by atoms with Crippen LogP contribution in [0.5, 0.6) is 11.5 Å². The first-order chi connectivity index (χ1) is 12.6. The quantitative estimate of drug-likeness (QED) is 0.704. The third-order valence-electron chi connectivity index (χ3n) is 3.83. The summed E-state index contributed by atoms with van der Waals surface area (Å²) in [7, 11) is 0. The van der Waals surface area contributed by atoms with E-state index in [4.69, 9.17) is 9.47 Å². The number of anilines is 1. The molecule has 0 fully saturated rings. The van der Waals surface area contributed by atoms with E-state index in [0.717, 1.165) is 16.9 Å². The lowest BCUT2D eigenvalue weighted by atomic mass is 10.2. The molecule has 0 spiro atoms. The van der Waals surface area contributed by atoms with Crippen molar-refractivity contribution in [2.75, 3.05) is 18.5 Å². The van der Waals surface area contributed by atoms with Crippen LogP contribution < -0.4 is 14.8 Å². The molecule has 0 bridgehead atoms. The lowest BCUT2D eigenvalue weighted by Crippen LogP contribution is -2.14. The van der Waals surface area contributed by atoms with Gasteiger partial charge in [-0.3, -0.25) is 4.79 Å². The molecule has 1 amide bonds. The second kappa shape index (κ2) is 7.91. The van der Waals surface area contributed by atoms with Crippen LogP contribution in [0.3, 0.4) is 0 Å². The summed E-state index contributed by atoms with van der Waals surface area (Å²) < 4.78 is 13.0. The number of aryl methyl sites for hydroxylation is 1. The van der Waals surface area contributed by atoms with E-state index < -0.39 is 0 Å². The number of fused-ring (bicyclic) bond motifs is 1. The lowest BCUT2D eigenvalue weighted by molar-refractivity contribution is -0.115.